The van der Waals surface area contributed by atoms with Gasteiger partial charge < -0.3 is 9.84 Å². The van der Waals surface area contributed by atoms with Crippen molar-refractivity contribution in [3.8, 4) is 5.75 Å². The van der Waals surface area contributed by atoms with Crippen LogP contribution in [0.4, 0.5) is 0 Å². The molecule has 1 atom stereocenters. The van der Waals surface area contributed by atoms with Crippen LogP contribution >= 0.6 is 0 Å². The standard InChI is InChI=1S/C16H22O3/c1-3-11-7-8-15(19-2)14(9-11)13(10-16(17)18)12-5-4-6-12/h7-9,12-13H,3-6,10H2,1-2H3,(H,17,18). The van der Waals surface area contributed by atoms with Crippen LogP contribution in [0.15, 0.2) is 18.2 Å². The van der Waals surface area contributed by atoms with Crippen LogP contribution in [0.3, 0.4) is 0 Å². The van der Waals surface area contributed by atoms with Crippen molar-refractivity contribution in [3.05, 3.63) is 29.3 Å². The number of carboxylic acids is 1. The van der Waals surface area contributed by atoms with E-state index in [1.807, 2.05) is 6.07 Å². The molecule has 0 spiro atoms. The number of benzene rings is 1. The molecule has 0 aliphatic heterocycles. The summed E-state index contributed by atoms with van der Waals surface area (Å²) in [5.41, 5.74) is 2.32. The highest BCUT2D eigenvalue weighted by Crippen LogP contribution is 2.44. The van der Waals surface area contributed by atoms with E-state index in [0.717, 1.165) is 30.6 Å². The molecule has 0 saturated heterocycles. The van der Waals surface area contributed by atoms with Gasteiger partial charge in [-0.15, -0.1) is 0 Å². The molecule has 3 heteroatoms. The molecule has 0 heterocycles. The Hall–Kier alpha value is -1.51. The van der Waals surface area contributed by atoms with Gasteiger partial charge in [0.25, 0.3) is 0 Å². The number of methoxy groups -OCH3 is 1. The normalized spacial score (nSPS) is 16.7. The van der Waals surface area contributed by atoms with Gasteiger partial charge in [0.15, 0.2) is 0 Å². The van der Waals surface area contributed by atoms with Crippen LogP contribution in [0.2, 0.25) is 0 Å². The van der Waals surface area contributed by atoms with E-state index >= 15 is 0 Å². The van der Waals surface area contributed by atoms with Gasteiger partial charge in [0.05, 0.1) is 13.5 Å². The molecule has 1 aliphatic rings. The van der Waals surface area contributed by atoms with Crippen molar-refractivity contribution in [3.63, 3.8) is 0 Å². The maximum Gasteiger partial charge on any atom is 0.303 e. The molecule has 1 saturated carbocycles. The highest BCUT2D eigenvalue weighted by molar-refractivity contribution is 5.68. The van der Waals surface area contributed by atoms with Gasteiger partial charge in [0.2, 0.25) is 0 Å². The zero-order valence-electron chi connectivity index (χ0n) is 11.7. The molecule has 104 valence electrons. The molecule has 19 heavy (non-hydrogen) atoms. The molecule has 1 aliphatic carbocycles. The molecule has 2 rings (SSSR count). The summed E-state index contributed by atoms with van der Waals surface area (Å²) in [5, 5.41) is 9.16. The predicted molar refractivity (Wildman–Crippen MR) is 74.7 cm³/mol. The van der Waals surface area contributed by atoms with Gasteiger partial charge in [0, 0.05) is 5.92 Å². The molecule has 0 aromatic heterocycles. The lowest BCUT2D eigenvalue weighted by molar-refractivity contribution is -0.138. The summed E-state index contributed by atoms with van der Waals surface area (Å²) in [6.07, 6.45) is 4.65. The van der Waals surface area contributed by atoms with Crippen LogP contribution in [0, 0.1) is 5.92 Å². The maximum atomic E-state index is 11.1. The van der Waals surface area contributed by atoms with Gasteiger partial charge in [-0.25, -0.2) is 0 Å². The van der Waals surface area contributed by atoms with Gasteiger partial charge >= 0.3 is 5.97 Å². The number of aryl methyl sites for hydroxylation is 1. The number of carbonyl (C=O) groups is 1. The predicted octanol–water partition coefficient (Wildman–Crippen LogP) is 3.62. The average molecular weight is 262 g/mol. The number of hydrogen-bond acceptors (Lipinski definition) is 2. The average Bonchev–Trinajstić information content (AvgIpc) is 2.34. The first-order chi connectivity index (χ1) is 9.15. The lowest BCUT2D eigenvalue weighted by Crippen LogP contribution is -2.23. The number of carboxylic acid groups (broad SMARTS) is 1. The zero-order valence-corrected chi connectivity index (χ0v) is 11.7. The van der Waals surface area contributed by atoms with Crippen LogP contribution < -0.4 is 4.74 Å². The smallest absolute Gasteiger partial charge is 0.303 e. The van der Waals surface area contributed by atoms with Gasteiger partial charge in [0.1, 0.15) is 5.75 Å². The molecule has 0 radical (unpaired) electrons. The molecular formula is C16H22O3. The minimum Gasteiger partial charge on any atom is -0.496 e. The Morgan fingerprint density at radius 2 is 2.21 bits per heavy atom. The fourth-order valence-corrected chi connectivity index (χ4v) is 2.85. The van der Waals surface area contributed by atoms with Gasteiger partial charge in [-0.05, 0) is 42.4 Å². The highest BCUT2D eigenvalue weighted by Gasteiger charge is 2.32. The van der Waals surface area contributed by atoms with Crippen molar-refractivity contribution in [2.45, 2.75) is 44.9 Å². The van der Waals surface area contributed by atoms with Crippen molar-refractivity contribution < 1.29 is 14.6 Å². The fraction of sp³-hybridized carbons (Fsp3) is 0.562. The lowest BCUT2D eigenvalue weighted by Gasteiger charge is -2.34. The molecule has 1 aromatic carbocycles. The Labute approximate surface area is 114 Å². The van der Waals surface area contributed by atoms with Crippen LogP contribution in [-0.2, 0) is 11.2 Å². The third-order valence-corrected chi connectivity index (χ3v) is 4.22. The largest absolute Gasteiger partial charge is 0.496 e. The van der Waals surface area contributed by atoms with Crippen LogP contribution in [0.1, 0.15) is 49.7 Å². The topological polar surface area (TPSA) is 46.5 Å². The first-order valence-corrected chi connectivity index (χ1v) is 7.04. The second-order valence-electron chi connectivity index (χ2n) is 5.33. The van der Waals surface area contributed by atoms with Crippen molar-refractivity contribution in [2.75, 3.05) is 7.11 Å². The van der Waals surface area contributed by atoms with E-state index in [4.69, 9.17) is 9.84 Å². The van der Waals surface area contributed by atoms with E-state index in [0.29, 0.717) is 5.92 Å². The molecular weight excluding hydrogens is 240 g/mol. The lowest BCUT2D eigenvalue weighted by atomic mass is 9.71. The van der Waals surface area contributed by atoms with Crippen molar-refractivity contribution in [1.29, 1.82) is 0 Å². The zero-order chi connectivity index (χ0) is 13.8. The SMILES string of the molecule is CCc1ccc(OC)c(C(CC(=O)O)C2CCC2)c1. The summed E-state index contributed by atoms with van der Waals surface area (Å²) in [7, 11) is 1.66. The summed E-state index contributed by atoms with van der Waals surface area (Å²) < 4.78 is 5.43. The van der Waals surface area contributed by atoms with Crippen LogP contribution in [0.25, 0.3) is 0 Å². The Morgan fingerprint density at radius 1 is 1.47 bits per heavy atom. The molecule has 0 amide bonds. The minimum absolute atomic E-state index is 0.0905. The van der Waals surface area contributed by atoms with Crippen LogP contribution in [-0.4, -0.2) is 18.2 Å². The quantitative estimate of drug-likeness (QED) is 0.851. The van der Waals surface area contributed by atoms with E-state index in [1.54, 1.807) is 7.11 Å². The molecule has 1 unspecified atom stereocenters. The summed E-state index contributed by atoms with van der Waals surface area (Å²) >= 11 is 0. The Kier molecular flexibility index (Phi) is 4.46. The van der Waals surface area contributed by atoms with Crippen molar-refractivity contribution in [2.24, 2.45) is 5.92 Å². The molecule has 1 N–H and O–H groups in total. The summed E-state index contributed by atoms with van der Waals surface area (Å²) in [6, 6.07) is 6.16. The van der Waals surface area contributed by atoms with Gasteiger partial charge in [-0.1, -0.05) is 25.5 Å². The molecule has 0 bridgehead atoms. The second kappa shape index (κ2) is 6.09. The Bertz CT molecular complexity index is 449. The third-order valence-electron chi connectivity index (χ3n) is 4.22. The Balaban J connectivity index is 2.35. The fourth-order valence-electron chi connectivity index (χ4n) is 2.85. The summed E-state index contributed by atoms with van der Waals surface area (Å²) in [5.74, 6) is 0.695. The maximum absolute atomic E-state index is 11.1. The third kappa shape index (κ3) is 3.09. The van der Waals surface area contributed by atoms with Crippen molar-refractivity contribution >= 4 is 5.97 Å². The molecule has 1 fully saturated rings. The summed E-state index contributed by atoms with van der Waals surface area (Å²) in [4.78, 5) is 11.1. The van der Waals surface area contributed by atoms with E-state index in [1.165, 1.54) is 12.0 Å². The van der Waals surface area contributed by atoms with E-state index < -0.39 is 5.97 Å². The second-order valence-corrected chi connectivity index (χ2v) is 5.33. The number of hydrogen-bond donors (Lipinski definition) is 1. The van der Waals surface area contributed by atoms with E-state index in [9.17, 15) is 4.79 Å². The minimum atomic E-state index is -0.721. The molecule has 3 nitrogen and oxygen atoms in total. The van der Waals surface area contributed by atoms with E-state index in [2.05, 4.69) is 19.1 Å². The Morgan fingerprint density at radius 3 is 2.68 bits per heavy atom. The summed E-state index contributed by atoms with van der Waals surface area (Å²) in [6.45, 7) is 2.11. The first kappa shape index (κ1) is 13.9. The van der Waals surface area contributed by atoms with E-state index in [-0.39, 0.29) is 12.3 Å². The van der Waals surface area contributed by atoms with Crippen molar-refractivity contribution in [1.82, 2.24) is 0 Å². The number of ether oxygens (including phenoxy) is 1. The highest BCUT2D eigenvalue weighted by atomic mass is 16.5. The van der Waals surface area contributed by atoms with Crippen LogP contribution in [0.5, 0.6) is 5.75 Å². The first-order valence-electron chi connectivity index (χ1n) is 7.04. The number of rotatable bonds is 6. The molecule has 1 aromatic rings. The number of aliphatic carboxylic acids is 1. The van der Waals surface area contributed by atoms with Gasteiger partial charge in [-0.3, -0.25) is 4.79 Å². The van der Waals surface area contributed by atoms with Gasteiger partial charge in [-0.2, -0.15) is 0 Å². The monoisotopic (exact) mass is 262 g/mol.